The van der Waals surface area contributed by atoms with E-state index in [0.717, 1.165) is 16.5 Å². The van der Waals surface area contributed by atoms with Gasteiger partial charge in [0.2, 0.25) is 0 Å². The van der Waals surface area contributed by atoms with E-state index in [0.29, 0.717) is 5.56 Å². The molecular weight excluding hydrogens is 293 g/mol. The van der Waals surface area contributed by atoms with Gasteiger partial charge in [-0.2, -0.15) is 0 Å². The molecular formula is C19H14FNO2. The summed E-state index contributed by atoms with van der Waals surface area (Å²) in [6.07, 6.45) is 4.89. The molecule has 0 bridgehead atoms. The summed E-state index contributed by atoms with van der Waals surface area (Å²) in [4.78, 5) is 16.6. The van der Waals surface area contributed by atoms with Crippen molar-refractivity contribution in [3.05, 3.63) is 77.7 Å². The van der Waals surface area contributed by atoms with E-state index in [2.05, 4.69) is 4.98 Å². The van der Waals surface area contributed by atoms with Crippen molar-refractivity contribution in [2.45, 2.75) is 0 Å². The summed E-state index contributed by atoms with van der Waals surface area (Å²) in [5, 5.41) is 0.963. The molecule has 2 aromatic carbocycles. The lowest BCUT2D eigenvalue weighted by Gasteiger charge is -2.05. The number of benzene rings is 2. The summed E-state index contributed by atoms with van der Waals surface area (Å²) < 4.78 is 18.3. The second-order valence-electron chi connectivity index (χ2n) is 4.96. The maximum absolute atomic E-state index is 13.2. The third-order valence-corrected chi connectivity index (χ3v) is 3.53. The number of para-hydroxylation sites is 1. The average molecular weight is 307 g/mol. The molecule has 0 saturated heterocycles. The molecule has 1 heterocycles. The molecule has 3 nitrogen and oxygen atoms in total. The molecule has 0 N–H and O–H groups in total. The Morgan fingerprint density at radius 1 is 1.17 bits per heavy atom. The Morgan fingerprint density at radius 2 is 2.00 bits per heavy atom. The number of aromatic nitrogens is 1. The summed E-state index contributed by atoms with van der Waals surface area (Å²) in [5.41, 5.74) is 2.08. The SMILES string of the molecule is COc1cc(F)ccc1C(=O)C=Cc1ccnc2ccccc12. The van der Waals surface area contributed by atoms with Gasteiger partial charge in [0.05, 0.1) is 18.2 Å². The normalized spacial score (nSPS) is 11.0. The first kappa shape index (κ1) is 14.9. The molecule has 114 valence electrons. The average Bonchev–Trinajstić information content (AvgIpc) is 2.59. The first-order chi connectivity index (χ1) is 11.2. The van der Waals surface area contributed by atoms with Gasteiger partial charge in [0.1, 0.15) is 11.6 Å². The first-order valence-corrected chi connectivity index (χ1v) is 7.09. The molecule has 0 amide bonds. The number of carbonyl (C=O) groups is 1. The van der Waals surface area contributed by atoms with Crippen LogP contribution < -0.4 is 4.74 Å². The number of methoxy groups -OCH3 is 1. The van der Waals surface area contributed by atoms with E-state index < -0.39 is 5.82 Å². The molecule has 0 saturated carbocycles. The molecule has 3 rings (SSSR count). The summed E-state index contributed by atoms with van der Waals surface area (Å²) in [6, 6.07) is 13.4. The number of ether oxygens (including phenoxy) is 1. The van der Waals surface area contributed by atoms with Crippen LogP contribution in [0, 0.1) is 5.82 Å². The number of allylic oxidation sites excluding steroid dienone is 1. The summed E-state index contributed by atoms with van der Waals surface area (Å²) >= 11 is 0. The number of hydrogen-bond acceptors (Lipinski definition) is 3. The predicted octanol–water partition coefficient (Wildman–Crippen LogP) is 4.28. The smallest absolute Gasteiger partial charge is 0.189 e. The molecule has 23 heavy (non-hydrogen) atoms. The van der Waals surface area contributed by atoms with Crippen LogP contribution in [0.4, 0.5) is 4.39 Å². The second kappa shape index (κ2) is 6.40. The van der Waals surface area contributed by atoms with Crippen LogP contribution in [0.3, 0.4) is 0 Å². The number of fused-ring (bicyclic) bond motifs is 1. The molecule has 0 fully saturated rings. The van der Waals surface area contributed by atoms with Gasteiger partial charge < -0.3 is 4.74 Å². The second-order valence-corrected chi connectivity index (χ2v) is 4.96. The minimum Gasteiger partial charge on any atom is -0.496 e. The Labute approximate surface area is 133 Å². The van der Waals surface area contributed by atoms with Gasteiger partial charge in [0.15, 0.2) is 5.78 Å². The number of rotatable bonds is 4. The van der Waals surface area contributed by atoms with Gasteiger partial charge >= 0.3 is 0 Å². The van der Waals surface area contributed by atoms with E-state index >= 15 is 0 Å². The first-order valence-electron chi connectivity index (χ1n) is 7.09. The lowest BCUT2D eigenvalue weighted by Crippen LogP contribution is -1.99. The summed E-state index contributed by atoms with van der Waals surface area (Å²) in [7, 11) is 1.41. The van der Waals surface area contributed by atoms with Crippen molar-refractivity contribution in [2.24, 2.45) is 0 Å². The van der Waals surface area contributed by atoms with Crippen LogP contribution in [-0.4, -0.2) is 17.9 Å². The van der Waals surface area contributed by atoms with Crippen LogP contribution in [-0.2, 0) is 0 Å². The topological polar surface area (TPSA) is 39.2 Å². The number of halogens is 1. The van der Waals surface area contributed by atoms with Crippen molar-refractivity contribution in [1.29, 1.82) is 0 Å². The third-order valence-electron chi connectivity index (χ3n) is 3.53. The fourth-order valence-corrected chi connectivity index (χ4v) is 2.39. The quantitative estimate of drug-likeness (QED) is 0.533. The van der Waals surface area contributed by atoms with Gasteiger partial charge in [-0.3, -0.25) is 9.78 Å². The Kier molecular flexibility index (Phi) is 4.15. The van der Waals surface area contributed by atoms with Gasteiger partial charge in [-0.05, 0) is 35.9 Å². The van der Waals surface area contributed by atoms with Gasteiger partial charge in [-0.25, -0.2) is 4.39 Å². The Balaban J connectivity index is 1.94. The van der Waals surface area contributed by atoms with E-state index in [1.807, 2.05) is 30.3 Å². The van der Waals surface area contributed by atoms with Crippen LogP contribution >= 0.6 is 0 Å². The van der Waals surface area contributed by atoms with Gasteiger partial charge in [0.25, 0.3) is 0 Å². The number of hydrogen-bond donors (Lipinski definition) is 0. The summed E-state index contributed by atoms with van der Waals surface area (Å²) in [6.45, 7) is 0. The largest absolute Gasteiger partial charge is 0.496 e. The van der Waals surface area contributed by atoms with Crippen molar-refractivity contribution in [2.75, 3.05) is 7.11 Å². The van der Waals surface area contributed by atoms with E-state index in [-0.39, 0.29) is 11.5 Å². The van der Waals surface area contributed by atoms with Gasteiger partial charge in [0, 0.05) is 17.6 Å². The lowest BCUT2D eigenvalue weighted by molar-refractivity contribution is 0.104. The molecule has 0 atom stereocenters. The minimum atomic E-state index is -0.442. The zero-order valence-electron chi connectivity index (χ0n) is 12.5. The predicted molar refractivity (Wildman–Crippen MR) is 88.1 cm³/mol. The zero-order valence-corrected chi connectivity index (χ0v) is 12.5. The highest BCUT2D eigenvalue weighted by Gasteiger charge is 2.10. The van der Waals surface area contributed by atoms with E-state index in [1.165, 1.54) is 31.4 Å². The molecule has 0 aliphatic carbocycles. The van der Waals surface area contributed by atoms with Crippen molar-refractivity contribution >= 4 is 22.8 Å². The Bertz CT molecular complexity index is 898. The lowest BCUT2D eigenvalue weighted by atomic mass is 10.1. The highest BCUT2D eigenvalue weighted by molar-refractivity contribution is 6.09. The minimum absolute atomic E-state index is 0.222. The highest BCUT2D eigenvalue weighted by Crippen LogP contribution is 2.22. The van der Waals surface area contributed by atoms with Crippen molar-refractivity contribution in [3.8, 4) is 5.75 Å². The van der Waals surface area contributed by atoms with E-state index in [4.69, 9.17) is 4.74 Å². The maximum Gasteiger partial charge on any atom is 0.189 e. The van der Waals surface area contributed by atoms with E-state index in [1.54, 1.807) is 12.3 Å². The Morgan fingerprint density at radius 3 is 2.83 bits per heavy atom. The monoisotopic (exact) mass is 307 g/mol. The maximum atomic E-state index is 13.2. The van der Waals surface area contributed by atoms with Gasteiger partial charge in [-0.1, -0.05) is 24.3 Å². The molecule has 0 unspecified atom stereocenters. The van der Waals surface area contributed by atoms with Crippen LogP contribution in [0.1, 0.15) is 15.9 Å². The van der Waals surface area contributed by atoms with Crippen LogP contribution in [0.15, 0.2) is 60.8 Å². The molecule has 0 aliphatic rings. The highest BCUT2D eigenvalue weighted by atomic mass is 19.1. The molecule has 0 spiro atoms. The fraction of sp³-hybridized carbons (Fsp3) is 0.0526. The number of nitrogens with zero attached hydrogens (tertiary/aromatic N) is 1. The van der Waals surface area contributed by atoms with E-state index in [9.17, 15) is 9.18 Å². The zero-order chi connectivity index (χ0) is 16.2. The third kappa shape index (κ3) is 3.11. The van der Waals surface area contributed by atoms with Gasteiger partial charge in [-0.15, -0.1) is 0 Å². The standard InChI is InChI=1S/C19H14FNO2/c1-23-19-12-14(20)7-8-16(19)18(22)9-6-13-10-11-21-17-5-3-2-4-15(13)17/h2-12H,1H3. The van der Waals surface area contributed by atoms with Crippen molar-refractivity contribution in [1.82, 2.24) is 4.98 Å². The molecule has 1 aromatic heterocycles. The number of ketones is 1. The number of carbonyl (C=O) groups excluding carboxylic acids is 1. The fourth-order valence-electron chi connectivity index (χ4n) is 2.39. The Hall–Kier alpha value is -3.01. The molecule has 3 aromatic rings. The van der Waals surface area contributed by atoms with Crippen molar-refractivity contribution < 1.29 is 13.9 Å². The van der Waals surface area contributed by atoms with Crippen LogP contribution in [0.25, 0.3) is 17.0 Å². The van der Waals surface area contributed by atoms with Crippen LogP contribution in [0.5, 0.6) is 5.75 Å². The summed E-state index contributed by atoms with van der Waals surface area (Å²) in [5.74, 6) is -0.468. The van der Waals surface area contributed by atoms with Crippen LogP contribution in [0.2, 0.25) is 0 Å². The molecule has 0 aliphatic heterocycles. The molecule has 4 heteroatoms. The van der Waals surface area contributed by atoms with Crippen molar-refractivity contribution in [3.63, 3.8) is 0 Å². The number of pyridine rings is 1. The molecule has 0 radical (unpaired) electrons.